The number of sulfone groups is 1. The Labute approximate surface area is 180 Å². The maximum atomic E-state index is 13.4. The number of rotatable bonds is 7. The van der Waals surface area contributed by atoms with Crippen LogP contribution < -0.4 is 26.6 Å². The van der Waals surface area contributed by atoms with E-state index in [4.69, 9.17) is 5.73 Å². The Morgan fingerprint density at radius 3 is 2.58 bits per heavy atom. The lowest BCUT2D eigenvalue weighted by molar-refractivity contribution is -0.122. The number of aromatic nitrogens is 1. The predicted octanol–water partition coefficient (Wildman–Crippen LogP) is -0.442. The van der Waals surface area contributed by atoms with Crippen molar-refractivity contribution in [1.82, 2.24) is 15.6 Å². The van der Waals surface area contributed by atoms with Crippen molar-refractivity contribution in [2.24, 2.45) is 16.8 Å². The van der Waals surface area contributed by atoms with Gasteiger partial charge in [0.15, 0.2) is 6.17 Å². The van der Waals surface area contributed by atoms with Gasteiger partial charge >= 0.3 is 0 Å². The van der Waals surface area contributed by atoms with E-state index in [0.717, 1.165) is 0 Å². The summed E-state index contributed by atoms with van der Waals surface area (Å²) in [5.74, 6) is -1.64. The van der Waals surface area contributed by atoms with Crippen LogP contribution in [0.2, 0.25) is 0 Å². The molecular weight excluding hydrogens is 429 g/mol. The number of nitrogens with zero attached hydrogens (tertiary/aromatic N) is 3. The molecule has 2 fully saturated rings. The molecule has 0 aromatic carbocycles. The highest BCUT2D eigenvalue weighted by Gasteiger charge is 2.37. The van der Waals surface area contributed by atoms with Crippen LogP contribution in [-0.2, 0) is 14.6 Å². The number of hydrogen-bond donors (Lipinski definition) is 4. The third-order valence-corrected chi connectivity index (χ3v) is 7.40. The Morgan fingerprint density at radius 2 is 2.00 bits per heavy atom. The van der Waals surface area contributed by atoms with Crippen molar-refractivity contribution in [3.63, 3.8) is 0 Å². The molecule has 2 atom stereocenters. The number of carbonyl (C=O) groups is 1. The van der Waals surface area contributed by atoms with Gasteiger partial charge in [-0.2, -0.15) is 0 Å². The van der Waals surface area contributed by atoms with Gasteiger partial charge in [0.25, 0.3) is 0 Å². The summed E-state index contributed by atoms with van der Waals surface area (Å²) in [4.78, 5) is 30.1. The molecule has 0 radical (unpaired) electrons. The van der Waals surface area contributed by atoms with Gasteiger partial charge in [-0.25, -0.2) is 12.8 Å². The standard InChI is InChI=1S/C18H28FN7O4S/c1-31(29,30)12-3-6-26(7-4-12)14-2-5-21-10-13(14)24-18(27)15(16(20)25-28)17-22-8-11(19)9-23-17/h2,5,10-12,15-17,22-23H,3-4,6-9,20H2,1H3,(H,24,27). The molecule has 2 aliphatic rings. The minimum absolute atomic E-state index is 0.0282. The summed E-state index contributed by atoms with van der Waals surface area (Å²) in [5, 5.41) is 10.9. The van der Waals surface area contributed by atoms with Gasteiger partial charge in [-0.1, -0.05) is 5.18 Å². The van der Waals surface area contributed by atoms with E-state index in [2.05, 4.69) is 26.1 Å². The van der Waals surface area contributed by atoms with Crippen LogP contribution in [0.25, 0.3) is 0 Å². The van der Waals surface area contributed by atoms with Gasteiger partial charge in [0.05, 0.1) is 29.0 Å². The van der Waals surface area contributed by atoms with Crippen LogP contribution in [0, 0.1) is 10.8 Å². The fourth-order valence-corrected chi connectivity index (χ4v) is 5.04. The van der Waals surface area contributed by atoms with Crippen molar-refractivity contribution in [3.05, 3.63) is 23.4 Å². The number of carbonyl (C=O) groups excluding carboxylic acids is 1. The molecule has 1 aromatic heterocycles. The minimum atomic E-state index is -3.10. The second-order valence-electron chi connectivity index (χ2n) is 7.91. The molecule has 172 valence electrons. The van der Waals surface area contributed by atoms with E-state index in [-0.39, 0.29) is 18.3 Å². The zero-order valence-electron chi connectivity index (χ0n) is 17.2. The zero-order valence-corrected chi connectivity index (χ0v) is 18.0. The Morgan fingerprint density at radius 1 is 1.35 bits per heavy atom. The highest BCUT2D eigenvalue weighted by molar-refractivity contribution is 7.91. The number of nitrogens with one attached hydrogen (secondary N) is 3. The number of hydrogen-bond acceptors (Lipinski definition) is 10. The van der Waals surface area contributed by atoms with Crippen molar-refractivity contribution in [1.29, 1.82) is 0 Å². The molecule has 11 nitrogen and oxygen atoms in total. The molecule has 2 unspecified atom stereocenters. The van der Waals surface area contributed by atoms with E-state index < -0.39 is 40.2 Å². The molecule has 13 heteroatoms. The topological polar surface area (TPSA) is 159 Å². The molecule has 3 heterocycles. The number of pyridine rings is 1. The van der Waals surface area contributed by atoms with Crippen LogP contribution >= 0.6 is 0 Å². The second kappa shape index (κ2) is 9.94. The molecular formula is C18H28FN7O4S. The maximum Gasteiger partial charge on any atom is 0.234 e. The van der Waals surface area contributed by atoms with Gasteiger partial charge in [0, 0.05) is 38.6 Å². The number of alkyl halides is 1. The first-order chi connectivity index (χ1) is 14.7. The number of anilines is 2. The molecule has 0 bridgehead atoms. The van der Waals surface area contributed by atoms with Gasteiger partial charge < -0.3 is 16.0 Å². The van der Waals surface area contributed by atoms with Crippen molar-refractivity contribution < 1.29 is 17.6 Å². The second-order valence-corrected chi connectivity index (χ2v) is 10.2. The number of amides is 1. The van der Waals surface area contributed by atoms with Crippen molar-refractivity contribution in [2.45, 2.75) is 36.6 Å². The molecule has 5 N–H and O–H groups in total. The first-order valence-electron chi connectivity index (χ1n) is 10.1. The van der Waals surface area contributed by atoms with Crippen LogP contribution in [0.1, 0.15) is 12.8 Å². The molecule has 0 saturated carbocycles. The van der Waals surface area contributed by atoms with Gasteiger partial charge in [-0.15, -0.1) is 4.91 Å². The minimum Gasteiger partial charge on any atom is -0.370 e. The van der Waals surface area contributed by atoms with E-state index in [1.165, 1.54) is 12.5 Å². The summed E-state index contributed by atoms with van der Waals surface area (Å²) in [7, 11) is -3.10. The summed E-state index contributed by atoms with van der Waals surface area (Å²) in [6.45, 7) is 1.07. The Balaban J connectivity index is 1.74. The van der Waals surface area contributed by atoms with E-state index >= 15 is 0 Å². The lowest BCUT2D eigenvalue weighted by Crippen LogP contribution is -2.62. The van der Waals surface area contributed by atoms with Crippen LogP contribution in [-0.4, -0.2) is 75.5 Å². The average molecular weight is 458 g/mol. The highest BCUT2D eigenvalue weighted by Crippen LogP contribution is 2.29. The fraction of sp³-hybridized carbons (Fsp3) is 0.667. The van der Waals surface area contributed by atoms with Crippen molar-refractivity contribution in [3.8, 4) is 0 Å². The van der Waals surface area contributed by atoms with Crippen LogP contribution in [0.3, 0.4) is 0 Å². The predicted molar refractivity (Wildman–Crippen MR) is 115 cm³/mol. The maximum absolute atomic E-state index is 13.4. The SMILES string of the molecule is CS(=O)(=O)C1CCN(c2ccncc2NC(=O)C(C(N)N=O)C2NCC(F)CN2)CC1. The summed E-state index contributed by atoms with van der Waals surface area (Å²) in [6, 6.07) is 1.73. The molecule has 3 rings (SSSR count). The van der Waals surface area contributed by atoms with Gasteiger partial charge in [0.1, 0.15) is 21.9 Å². The fourth-order valence-electron chi connectivity index (χ4n) is 3.98. The molecule has 31 heavy (non-hydrogen) atoms. The summed E-state index contributed by atoms with van der Waals surface area (Å²) in [5.41, 5.74) is 6.88. The van der Waals surface area contributed by atoms with Crippen molar-refractivity contribution >= 4 is 27.1 Å². The Kier molecular flexibility index (Phi) is 7.51. The smallest absolute Gasteiger partial charge is 0.234 e. The van der Waals surface area contributed by atoms with Crippen LogP contribution in [0.5, 0.6) is 0 Å². The van der Waals surface area contributed by atoms with E-state index in [1.54, 1.807) is 12.3 Å². The normalized spacial score (nSPS) is 24.9. The number of nitroso groups, excluding NO2 is 1. The van der Waals surface area contributed by atoms with Crippen molar-refractivity contribution in [2.75, 3.05) is 42.7 Å². The van der Waals surface area contributed by atoms with E-state index in [9.17, 15) is 22.5 Å². The Hall–Kier alpha value is -2.22. The van der Waals surface area contributed by atoms with Gasteiger partial charge in [-0.05, 0) is 18.9 Å². The summed E-state index contributed by atoms with van der Waals surface area (Å²) < 4.78 is 37.0. The molecule has 2 aliphatic heterocycles. The third-order valence-electron chi connectivity index (χ3n) is 5.71. The quantitative estimate of drug-likeness (QED) is 0.398. The van der Waals surface area contributed by atoms with Gasteiger partial charge in [-0.3, -0.25) is 20.4 Å². The number of piperidine rings is 1. The summed E-state index contributed by atoms with van der Waals surface area (Å²) >= 11 is 0. The zero-order chi connectivity index (χ0) is 22.6. The first kappa shape index (κ1) is 23.4. The van der Waals surface area contributed by atoms with Crippen LogP contribution in [0.4, 0.5) is 15.8 Å². The highest BCUT2D eigenvalue weighted by atomic mass is 32.2. The average Bonchev–Trinajstić information content (AvgIpc) is 2.75. The summed E-state index contributed by atoms with van der Waals surface area (Å²) in [6.07, 6.45) is 2.10. The lowest BCUT2D eigenvalue weighted by Gasteiger charge is -2.35. The van der Waals surface area contributed by atoms with E-state index in [1.807, 2.05) is 4.90 Å². The third kappa shape index (κ3) is 5.73. The molecule has 2 saturated heterocycles. The monoisotopic (exact) mass is 457 g/mol. The molecule has 0 spiro atoms. The van der Waals surface area contributed by atoms with Gasteiger partial charge in [0.2, 0.25) is 5.91 Å². The number of nitrogens with two attached hydrogens (primary N) is 1. The van der Waals surface area contributed by atoms with Crippen LogP contribution in [0.15, 0.2) is 23.6 Å². The largest absolute Gasteiger partial charge is 0.370 e. The Bertz CT molecular complexity index is 887. The molecule has 1 amide bonds. The lowest BCUT2D eigenvalue weighted by atomic mass is 9.99. The number of halogens is 1. The molecule has 0 aliphatic carbocycles. The first-order valence-corrected chi connectivity index (χ1v) is 12.0. The van der Waals surface area contributed by atoms with E-state index in [0.29, 0.717) is 37.3 Å². The molecule has 1 aromatic rings.